The van der Waals surface area contributed by atoms with Crippen molar-refractivity contribution in [3.63, 3.8) is 0 Å². The summed E-state index contributed by atoms with van der Waals surface area (Å²) in [5.41, 5.74) is 3.17. The molecule has 3 rings (SSSR count). The molecule has 0 spiro atoms. The zero-order valence-electron chi connectivity index (χ0n) is 12.5. The first-order valence-corrected chi connectivity index (χ1v) is 7.29. The second-order valence-electron chi connectivity index (χ2n) is 5.11. The first-order chi connectivity index (χ1) is 10.8. The Hall–Kier alpha value is -2.53. The highest BCUT2D eigenvalue weighted by Crippen LogP contribution is 2.25. The number of aliphatic hydroxyl groups excluding tert-OH is 1. The van der Waals surface area contributed by atoms with E-state index in [1.807, 2.05) is 30.3 Å². The van der Waals surface area contributed by atoms with Crippen LogP contribution in [0.15, 0.2) is 53.1 Å². The number of aliphatic hydroxyl groups is 1. The second-order valence-corrected chi connectivity index (χ2v) is 5.11. The van der Waals surface area contributed by atoms with Crippen molar-refractivity contribution >= 4 is 5.82 Å². The van der Waals surface area contributed by atoms with Crippen LogP contribution in [0.5, 0.6) is 0 Å². The van der Waals surface area contributed by atoms with Crippen LogP contribution in [0.25, 0.3) is 11.3 Å². The Bertz CT molecular complexity index is 732. The topological polar surface area (TPSA) is 63.2 Å². The van der Waals surface area contributed by atoms with E-state index in [-0.39, 0.29) is 6.61 Å². The number of nitrogens with one attached hydrogen (secondary N) is 1. The Kier molecular flexibility index (Phi) is 4.25. The van der Waals surface area contributed by atoms with Crippen molar-refractivity contribution < 1.29 is 9.52 Å². The highest BCUT2D eigenvalue weighted by molar-refractivity contribution is 5.66. The Morgan fingerprint density at radius 2 is 2.09 bits per heavy atom. The van der Waals surface area contributed by atoms with E-state index in [1.54, 1.807) is 10.9 Å². The molecule has 0 saturated carbocycles. The molecular formula is C17H19N3O2. The van der Waals surface area contributed by atoms with Crippen molar-refractivity contribution in [2.45, 2.75) is 20.0 Å². The van der Waals surface area contributed by atoms with Crippen LogP contribution in [0.3, 0.4) is 0 Å². The first-order valence-electron chi connectivity index (χ1n) is 7.29. The monoisotopic (exact) mass is 297 g/mol. The van der Waals surface area contributed by atoms with Gasteiger partial charge in [0, 0.05) is 11.6 Å². The molecule has 0 fully saturated rings. The largest absolute Gasteiger partial charge is 0.467 e. The summed E-state index contributed by atoms with van der Waals surface area (Å²) in [5, 5.41) is 17.1. The van der Waals surface area contributed by atoms with Gasteiger partial charge in [-0.3, -0.25) is 0 Å². The standard InChI is InChI=1S/C17H19N3O2/c1-13-5-2-3-7-15(13)16-11-17(20(19-16)8-9-21)18-12-14-6-4-10-22-14/h2-7,10-11,18,21H,8-9,12H2,1H3. The van der Waals surface area contributed by atoms with Gasteiger partial charge in [-0.1, -0.05) is 24.3 Å². The number of nitrogens with zero attached hydrogens (tertiary/aromatic N) is 2. The summed E-state index contributed by atoms with van der Waals surface area (Å²) < 4.78 is 7.11. The first kappa shape index (κ1) is 14.4. The number of aryl methyl sites for hydroxylation is 1. The zero-order chi connectivity index (χ0) is 15.4. The SMILES string of the molecule is Cc1ccccc1-c1cc(NCc2ccco2)n(CCO)n1. The lowest BCUT2D eigenvalue weighted by Gasteiger charge is -2.06. The van der Waals surface area contributed by atoms with Gasteiger partial charge in [0.15, 0.2) is 0 Å². The molecule has 1 aromatic carbocycles. The Labute approximate surface area is 129 Å². The van der Waals surface area contributed by atoms with Gasteiger partial charge in [-0.2, -0.15) is 5.10 Å². The van der Waals surface area contributed by atoms with Crippen LogP contribution in [0.1, 0.15) is 11.3 Å². The number of furan rings is 1. The van der Waals surface area contributed by atoms with Gasteiger partial charge in [0.1, 0.15) is 11.6 Å². The van der Waals surface area contributed by atoms with Crippen LogP contribution in [0, 0.1) is 6.92 Å². The van der Waals surface area contributed by atoms with E-state index >= 15 is 0 Å². The molecule has 0 unspecified atom stereocenters. The molecule has 2 aromatic heterocycles. The van der Waals surface area contributed by atoms with E-state index in [4.69, 9.17) is 4.42 Å². The Morgan fingerprint density at radius 1 is 1.23 bits per heavy atom. The summed E-state index contributed by atoms with van der Waals surface area (Å²) in [5.74, 6) is 1.72. The maximum atomic E-state index is 9.22. The van der Waals surface area contributed by atoms with Crippen LogP contribution in [0.4, 0.5) is 5.82 Å². The van der Waals surface area contributed by atoms with Gasteiger partial charge >= 0.3 is 0 Å². The summed E-state index contributed by atoms with van der Waals surface area (Å²) >= 11 is 0. The van der Waals surface area contributed by atoms with E-state index in [0.717, 1.165) is 22.8 Å². The lowest BCUT2D eigenvalue weighted by molar-refractivity contribution is 0.270. The normalized spacial score (nSPS) is 10.8. The lowest BCUT2D eigenvalue weighted by Crippen LogP contribution is -2.10. The molecular weight excluding hydrogens is 278 g/mol. The quantitative estimate of drug-likeness (QED) is 0.734. The third-order valence-electron chi connectivity index (χ3n) is 3.54. The summed E-state index contributed by atoms with van der Waals surface area (Å²) in [6.07, 6.45) is 1.65. The van der Waals surface area contributed by atoms with Gasteiger partial charge in [-0.05, 0) is 24.6 Å². The smallest absolute Gasteiger partial charge is 0.125 e. The number of rotatable bonds is 6. The molecule has 0 saturated heterocycles. The molecule has 3 aromatic rings. The fraction of sp³-hybridized carbons (Fsp3) is 0.235. The number of hydrogen-bond donors (Lipinski definition) is 2. The fourth-order valence-corrected chi connectivity index (χ4v) is 2.41. The molecule has 0 aliphatic heterocycles. The summed E-state index contributed by atoms with van der Waals surface area (Å²) in [7, 11) is 0. The molecule has 0 atom stereocenters. The minimum absolute atomic E-state index is 0.0460. The average molecular weight is 297 g/mol. The predicted molar refractivity (Wildman–Crippen MR) is 85.5 cm³/mol. The van der Waals surface area contributed by atoms with Crippen molar-refractivity contribution in [3.8, 4) is 11.3 Å². The van der Waals surface area contributed by atoms with E-state index in [1.165, 1.54) is 5.56 Å². The van der Waals surface area contributed by atoms with Crippen molar-refractivity contribution in [2.24, 2.45) is 0 Å². The van der Waals surface area contributed by atoms with Crippen molar-refractivity contribution in [3.05, 3.63) is 60.1 Å². The van der Waals surface area contributed by atoms with E-state index in [9.17, 15) is 5.11 Å². The molecule has 5 heteroatoms. The fourth-order valence-electron chi connectivity index (χ4n) is 2.41. The summed E-state index contributed by atoms with van der Waals surface area (Å²) in [4.78, 5) is 0. The molecule has 2 N–H and O–H groups in total. The lowest BCUT2D eigenvalue weighted by atomic mass is 10.1. The minimum Gasteiger partial charge on any atom is -0.467 e. The Morgan fingerprint density at radius 3 is 2.82 bits per heavy atom. The van der Waals surface area contributed by atoms with Crippen molar-refractivity contribution in [2.75, 3.05) is 11.9 Å². The molecule has 0 aliphatic carbocycles. The van der Waals surface area contributed by atoms with Crippen LogP contribution >= 0.6 is 0 Å². The van der Waals surface area contributed by atoms with Crippen LogP contribution in [-0.2, 0) is 13.1 Å². The molecule has 114 valence electrons. The van der Waals surface area contributed by atoms with Crippen LogP contribution < -0.4 is 5.32 Å². The predicted octanol–water partition coefficient (Wildman–Crippen LogP) is 3.06. The highest BCUT2D eigenvalue weighted by Gasteiger charge is 2.11. The molecule has 0 amide bonds. The average Bonchev–Trinajstić information content (AvgIpc) is 3.16. The molecule has 0 radical (unpaired) electrons. The molecule has 0 aliphatic rings. The zero-order valence-corrected chi connectivity index (χ0v) is 12.5. The van der Waals surface area contributed by atoms with E-state index in [2.05, 4.69) is 29.5 Å². The van der Waals surface area contributed by atoms with E-state index in [0.29, 0.717) is 13.1 Å². The van der Waals surface area contributed by atoms with Gasteiger partial charge in [-0.25, -0.2) is 4.68 Å². The third kappa shape index (κ3) is 3.04. The third-order valence-corrected chi connectivity index (χ3v) is 3.54. The molecule has 5 nitrogen and oxygen atoms in total. The summed E-state index contributed by atoms with van der Waals surface area (Å²) in [6, 6.07) is 13.9. The molecule has 0 bridgehead atoms. The maximum Gasteiger partial charge on any atom is 0.125 e. The van der Waals surface area contributed by atoms with Gasteiger partial charge in [-0.15, -0.1) is 0 Å². The number of benzene rings is 1. The van der Waals surface area contributed by atoms with Crippen molar-refractivity contribution in [1.29, 1.82) is 0 Å². The van der Waals surface area contributed by atoms with Gasteiger partial charge < -0.3 is 14.8 Å². The van der Waals surface area contributed by atoms with Crippen LogP contribution in [0.2, 0.25) is 0 Å². The number of hydrogen-bond acceptors (Lipinski definition) is 4. The maximum absolute atomic E-state index is 9.22. The molecule has 2 heterocycles. The minimum atomic E-state index is 0.0460. The second kappa shape index (κ2) is 6.49. The van der Waals surface area contributed by atoms with Gasteiger partial charge in [0.05, 0.1) is 31.7 Å². The molecule has 22 heavy (non-hydrogen) atoms. The number of anilines is 1. The van der Waals surface area contributed by atoms with E-state index < -0.39 is 0 Å². The summed E-state index contributed by atoms with van der Waals surface area (Å²) in [6.45, 7) is 3.14. The number of aromatic nitrogens is 2. The van der Waals surface area contributed by atoms with Gasteiger partial charge in [0.2, 0.25) is 0 Å². The highest BCUT2D eigenvalue weighted by atomic mass is 16.3. The Balaban J connectivity index is 1.87. The van der Waals surface area contributed by atoms with Crippen LogP contribution in [-0.4, -0.2) is 21.5 Å². The van der Waals surface area contributed by atoms with Gasteiger partial charge in [0.25, 0.3) is 0 Å². The van der Waals surface area contributed by atoms with Crippen molar-refractivity contribution in [1.82, 2.24) is 9.78 Å².